The summed E-state index contributed by atoms with van der Waals surface area (Å²) in [6, 6.07) is 3.24. The maximum atomic E-state index is 12.8. The first-order chi connectivity index (χ1) is 13.6. The maximum Gasteiger partial charge on any atom is 0.274 e. The number of hydrogen-bond acceptors (Lipinski definition) is 5. The topological polar surface area (TPSA) is 89.6 Å². The quantitative estimate of drug-likeness (QED) is 0.825. The zero-order valence-corrected chi connectivity index (χ0v) is 16.3. The van der Waals surface area contributed by atoms with Crippen molar-refractivity contribution in [3.05, 3.63) is 28.2 Å². The molecule has 3 fully saturated rings. The summed E-state index contributed by atoms with van der Waals surface area (Å²) in [5, 5.41) is 6.17. The molecule has 0 radical (unpaired) electrons. The highest BCUT2D eigenvalue weighted by Crippen LogP contribution is 2.26. The Bertz CT molecular complexity index is 745. The fourth-order valence-electron chi connectivity index (χ4n) is 4.80. The molecule has 0 aliphatic carbocycles. The standard InChI is InChI=1S/C20H29N5O3/c26-18-6-5-17(21-22-18)20(28)24-12-7-16(8-13-24)25-11-3-4-15(14-25)19(27)23-9-1-2-10-23/h5-6,15-16H,1-4,7-14H2,(H,22,26). The SMILES string of the molecule is O=C(c1ccc(=O)[nH]n1)N1CCC(N2CCCC(C(=O)N3CCCC3)C2)CC1. The lowest BCUT2D eigenvalue weighted by Crippen LogP contribution is -2.51. The van der Waals surface area contributed by atoms with Crippen LogP contribution in [0, 0.1) is 5.92 Å². The minimum atomic E-state index is -0.307. The fourth-order valence-corrected chi connectivity index (χ4v) is 4.80. The van der Waals surface area contributed by atoms with Crippen molar-refractivity contribution in [3.63, 3.8) is 0 Å². The van der Waals surface area contributed by atoms with Crippen LogP contribution in [0.25, 0.3) is 0 Å². The zero-order valence-electron chi connectivity index (χ0n) is 16.3. The Morgan fingerprint density at radius 1 is 0.929 bits per heavy atom. The van der Waals surface area contributed by atoms with E-state index >= 15 is 0 Å². The van der Waals surface area contributed by atoms with Crippen molar-refractivity contribution in [1.82, 2.24) is 24.9 Å². The molecule has 1 aromatic heterocycles. The van der Waals surface area contributed by atoms with Gasteiger partial charge in [-0.05, 0) is 51.1 Å². The first-order valence-electron chi connectivity index (χ1n) is 10.5. The van der Waals surface area contributed by atoms with Gasteiger partial charge in [0.1, 0.15) is 5.69 Å². The van der Waals surface area contributed by atoms with Gasteiger partial charge in [-0.3, -0.25) is 19.3 Å². The summed E-state index contributed by atoms with van der Waals surface area (Å²) < 4.78 is 0. The highest BCUT2D eigenvalue weighted by molar-refractivity contribution is 5.92. The normalized spacial score (nSPS) is 24.5. The predicted octanol–water partition coefficient (Wildman–Crippen LogP) is 0.709. The highest BCUT2D eigenvalue weighted by Gasteiger charge is 2.34. The van der Waals surface area contributed by atoms with Crippen molar-refractivity contribution in [2.24, 2.45) is 5.92 Å². The monoisotopic (exact) mass is 387 g/mol. The van der Waals surface area contributed by atoms with Gasteiger partial charge in [0.15, 0.2) is 0 Å². The summed E-state index contributed by atoms with van der Waals surface area (Å²) in [4.78, 5) is 42.8. The number of carbonyl (C=O) groups excluding carboxylic acids is 2. The lowest BCUT2D eigenvalue weighted by molar-refractivity contribution is -0.136. The number of amides is 2. The Labute approximate surface area is 164 Å². The molecule has 2 amide bonds. The first-order valence-corrected chi connectivity index (χ1v) is 10.5. The Kier molecular flexibility index (Phi) is 5.75. The molecule has 3 saturated heterocycles. The molecule has 0 bridgehead atoms. The van der Waals surface area contributed by atoms with Crippen LogP contribution in [0.5, 0.6) is 0 Å². The highest BCUT2D eigenvalue weighted by atomic mass is 16.2. The van der Waals surface area contributed by atoms with Crippen LogP contribution in [0.15, 0.2) is 16.9 Å². The molecule has 0 saturated carbocycles. The molecule has 4 heterocycles. The van der Waals surface area contributed by atoms with Gasteiger partial charge in [0, 0.05) is 44.8 Å². The van der Waals surface area contributed by atoms with Gasteiger partial charge in [-0.25, -0.2) is 5.10 Å². The number of aromatic amines is 1. The number of H-pyrrole nitrogens is 1. The van der Waals surface area contributed by atoms with Crippen molar-refractivity contribution < 1.29 is 9.59 Å². The summed E-state index contributed by atoms with van der Waals surface area (Å²) in [7, 11) is 0. The Morgan fingerprint density at radius 3 is 2.36 bits per heavy atom. The van der Waals surface area contributed by atoms with Crippen LogP contribution in [-0.4, -0.2) is 82.0 Å². The van der Waals surface area contributed by atoms with Crippen LogP contribution in [0.1, 0.15) is 49.0 Å². The van der Waals surface area contributed by atoms with Gasteiger partial charge in [0.05, 0.1) is 5.92 Å². The van der Waals surface area contributed by atoms with Crippen LogP contribution in [0.3, 0.4) is 0 Å². The molecule has 3 aliphatic rings. The third-order valence-corrected chi connectivity index (χ3v) is 6.39. The van der Waals surface area contributed by atoms with Crippen molar-refractivity contribution in [2.45, 2.75) is 44.6 Å². The molecule has 28 heavy (non-hydrogen) atoms. The molecule has 1 atom stereocenters. The van der Waals surface area contributed by atoms with Crippen molar-refractivity contribution in [3.8, 4) is 0 Å². The summed E-state index contributed by atoms with van der Waals surface area (Å²) in [5.41, 5.74) is -0.0225. The molecular weight excluding hydrogens is 358 g/mol. The largest absolute Gasteiger partial charge is 0.342 e. The summed E-state index contributed by atoms with van der Waals surface area (Å²) in [6.07, 6.45) is 6.18. The number of nitrogens with zero attached hydrogens (tertiary/aromatic N) is 4. The second kappa shape index (κ2) is 8.43. The lowest BCUT2D eigenvalue weighted by Gasteiger charge is -2.42. The lowest BCUT2D eigenvalue weighted by atomic mass is 9.93. The van der Waals surface area contributed by atoms with E-state index < -0.39 is 0 Å². The van der Waals surface area contributed by atoms with Gasteiger partial charge in [-0.2, -0.15) is 5.10 Å². The summed E-state index contributed by atoms with van der Waals surface area (Å²) >= 11 is 0. The number of likely N-dealkylation sites (tertiary alicyclic amines) is 3. The molecule has 0 spiro atoms. The van der Waals surface area contributed by atoms with Gasteiger partial charge in [-0.15, -0.1) is 0 Å². The maximum absolute atomic E-state index is 12.8. The fraction of sp³-hybridized carbons (Fsp3) is 0.700. The minimum Gasteiger partial charge on any atom is -0.342 e. The van der Waals surface area contributed by atoms with E-state index in [0.29, 0.717) is 25.0 Å². The van der Waals surface area contributed by atoms with Crippen molar-refractivity contribution >= 4 is 11.8 Å². The number of rotatable bonds is 3. The van der Waals surface area contributed by atoms with Crippen LogP contribution < -0.4 is 5.56 Å². The third kappa shape index (κ3) is 4.11. The molecule has 1 N–H and O–H groups in total. The van der Waals surface area contributed by atoms with Gasteiger partial charge < -0.3 is 9.80 Å². The van der Waals surface area contributed by atoms with E-state index in [0.717, 1.165) is 64.7 Å². The van der Waals surface area contributed by atoms with Crippen LogP contribution >= 0.6 is 0 Å². The minimum absolute atomic E-state index is 0.129. The summed E-state index contributed by atoms with van der Waals surface area (Å²) in [6.45, 7) is 5.12. The van der Waals surface area contributed by atoms with E-state index in [1.807, 2.05) is 9.80 Å². The van der Waals surface area contributed by atoms with Gasteiger partial charge in [0.25, 0.3) is 11.5 Å². The molecule has 8 nitrogen and oxygen atoms in total. The molecular formula is C20H29N5O3. The van der Waals surface area contributed by atoms with Crippen molar-refractivity contribution in [2.75, 3.05) is 39.3 Å². The smallest absolute Gasteiger partial charge is 0.274 e. The van der Waals surface area contributed by atoms with Crippen LogP contribution in [0.2, 0.25) is 0 Å². The molecule has 1 unspecified atom stereocenters. The van der Waals surface area contributed by atoms with E-state index in [2.05, 4.69) is 15.1 Å². The number of hydrogen-bond donors (Lipinski definition) is 1. The predicted molar refractivity (Wildman–Crippen MR) is 104 cm³/mol. The van der Waals surface area contributed by atoms with E-state index in [4.69, 9.17) is 0 Å². The second-order valence-electron chi connectivity index (χ2n) is 8.20. The third-order valence-electron chi connectivity index (χ3n) is 6.39. The van der Waals surface area contributed by atoms with E-state index in [1.165, 1.54) is 12.1 Å². The molecule has 3 aliphatic heterocycles. The number of carbonyl (C=O) groups is 2. The Hall–Kier alpha value is -2.22. The molecule has 4 rings (SSSR count). The average molecular weight is 387 g/mol. The second-order valence-corrected chi connectivity index (χ2v) is 8.20. The first kappa shape index (κ1) is 19.1. The molecule has 152 valence electrons. The van der Waals surface area contributed by atoms with Crippen LogP contribution in [-0.2, 0) is 4.79 Å². The van der Waals surface area contributed by atoms with E-state index in [9.17, 15) is 14.4 Å². The van der Waals surface area contributed by atoms with E-state index in [-0.39, 0.29) is 23.1 Å². The average Bonchev–Trinajstić information content (AvgIpc) is 3.28. The summed E-state index contributed by atoms with van der Waals surface area (Å²) in [5.74, 6) is 0.353. The number of nitrogens with one attached hydrogen (secondary N) is 1. The number of piperidine rings is 2. The zero-order chi connectivity index (χ0) is 19.5. The molecule has 0 aromatic carbocycles. The van der Waals surface area contributed by atoms with Gasteiger partial charge in [-0.1, -0.05) is 0 Å². The molecule has 8 heteroatoms. The number of aromatic nitrogens is 2. The Morgan fingerprint density at radius 2 is 1.68 bits per heavy atom. The molecule has 1 aromatic rings. The van der Waals surface area contributed by atoms with Gasteiger partial charge >= 0.3 is 0 Å². The van der Waals surface area contributed by atoms with Gasteiger partial charge in [0.2, 0.25) is 5.91 Å². The van der Waals surface area contributed by atoms with Crippen LogP contribution in [0.4, 0.5) is 0 Å². The van der Waals surface area contributed by atoms with E-state index in [1.54, 1.807) is 0 Å². The van der Waals surface area contributed by atoms with Crippen molar-refractivity contribution in [1.29, 1.82) is 0 Å². The Balaban J connectivity index is 1.30.